The molecule has 4 aliphatic carbocycles. The second kappa shape index (κ2) is 6.42. The van der Waals surface area contributed by atoms with Crippen molar-refractivity contribution in [1.82, 2.24) is 5.32 Å². The van der Waals surface area contributed by atoms with Gasteiger partial charge in [-0.1, -0.05) is 17.7 Å². The summed E-state index contributed by atoms with van der Waals surface area (Å²) in [6.07, 6.45) is 9.29. The summed E-state index contributed by atoms with van der Waals surface area (Å²) in [5, 5.41) is 3.44. The molecule has 3 nitrogen and oxygen atoms in total. The molecule has 0 aromatic heterocycles. The third-order valence-electron chi connectivity index (χ3n) is 6.28. The molecule has 1 aromatic rings. The van der Waals surface area contributed by atoms with Gasteiger partial charge in [0.25, 0.3) is 0 Å². The van der Waals surface area contributed by atoms with E-state index in [0.29, 0.717) is 13.0 Å². The minimum atomic E-state index is 0.143. The van der Waals surface area contributed by atoms with Gasteiger partial charge in [-0.15, -0.1) is 0 Å². The normalized spacial score (nSPS) is 33.5. The van der Waals surface area contributed by atoms with Crippen LogP contribution in [0.5, 0.6) is 5.75 Å². The number of ether oxygens (including phenoxy) is 1. The molecule has 0 radical (unpaired) electrons. The number of amides is 1. The van der Waals surface area contributed by atoms with Gasteiger partial charge in [0.1, 0.15) is 5.75 Å². The van der Waals surface area contributed by atoms with Crippen molar-refractivity contribution < 1.29 is 9.53 Å². The highest BCUT2D eigenvalue weighted by Gasteiger charge is 2.51. The van der Waals surface area contributed by atoms with Gasteiger partial charge in [-0.05, 0) is 81.8 Å². The number of aryl methyl sites for hydroxylation is 1. The molecule has 0 heterocycles. The number of nitrogens with one attached hydrogen (secondary N) is 1. The molecule has 4 saturated carbocycles. The quantitative estimate of drug-likeness (QED) is 0.794. The molecule has 1 amide bonds. The second-order valence-corrected chi connectivity index (χ2v) is 8.51. The Morgan fingerprint density at radius 3 is 2.25 bits per heavy atom. The average Bonchev–Trinajstić information content (AvgIpc) is 2.51. The van der Waals surface area contributed by atoms with E-state index < -0.39 is 0 Å². The summed E-state index contributed by atoms with van der Waals surface area (Å²) >= 11 is 0. The minimum Gasteiger partial charge on any atom is -0.494 e. The van der Waals surface area contributed by atoms with Crippen LogP contribution in [0.2, 0.25) is 0 Å². The summed E-state index contributed by atoms with van der Waals surface area (Å²) in [7, 11) is 0. The Labute approximate surface area is 145 Å². The summed E-state index contributed by atoms with van der Waals surface area (Å²) in [6.45, 7) is 2.68. The van der Waals surface area contributed by atoms with Crippen molar-refractivity contribution in [1.29, 1.82) is 0 Å². The van der Waals surface area contributed by atoms with Crippen molar-refractivity contribution >= 4 is 5.91 Å². The standard InChI is InChI=1S/C21H29NO2/c1-15-4-6-19(7-5-15)24-8-2-3-20(23)22-21-12-16-9-17(13-21)11-18(10-16)14-21/h4-7,16-18H,2-3,8-14H2,1H3,(H,22,23). The second-order valence-electron chi connectivity index (χ2n) is 8.51. The van der Waals surface area contributed by atoms with Gasteiger partial charge in [0, 0.05) is 12.0 Å². The summed E-state index contributed by atoms with van der Waals surface area (Å²) in [5.74, 6) is 3.75. The van der Waals surface area contributed by atoms with Crippen molar-refractivity contribution in [2.45, 2.75) is 63.8 Å². The summed E-state index contributed by atoms with van der Waals surface area (Å²) in [5.41, 5.74) is 1.38. The number of benzene rings is 1. The van der Waals surface area contributed by atoms with E-state index in [-0.39, 0.29) is 11.4 Å². The van der Waals surface area contributed by atoms with Crippen molar-refractivity contribution in [2.75, 3.05) is 6.61 Å². The van der Waals surface area contributed by atoms with E-state index >= 15 is 0 Å². The topological polar surface area (TPSA) is 38.3 Å². The first-order valence-corrected chi connectivity index (χ1v) is 9.61. The molecule has 0 unspecified atom stereocenters. The molecule has 3 heteroatoms. The number of carbonyl (C=O) groups excluding carboxylic acids is 1. The van der Waals surface area contributed by atoms with Crippen LogP contribution in [0, 0.1) is 24.7 Å². The maximum atomic E-state index is 12.4. The van der Waals surface area contributed by atoms with Gasteiger partial charge in [0.15, 0.2) is 0 Å². The molecule has 0 aliphatic heterocycles. The van der Waals surface area contributed by atoms with Crippen molar-refractivity contribution in [3.63, 3.8) is 0 Å². The van der Waals surface area contributed by atoms with Gasteiger partial charge < -0.3 is 10.1 Å². The van der Waals surface area contributed by atoms with Gasteiger partial charge in [0.05, 0.1) is 6.61 Å². The van der Waals surface area contributed by atoms with Gasteiger partial charge in [-0.25, -0.2) is 0 Å². The van der Waals surface area contributed by atoms with E-state index in [1.54, 1.807) is 0 Å². The highest BCUT2D eigenvalue weighted by atomic mass is 16.5. The highest BCUT2D eigenvalue weighted by molar-refractivity contribution is 5.76. The van der Waals surface area contributed by atoms with Crippen LogP contribution >= 0.6 is 0 Å². The molecule has 24 heavy (non-hydrogen) atoms. The van der Waals surface area contributed by atoms with Crippen LogP contribution in [-0.4, -0.2) is 18.1 Å². The third kappa shape index (κ3) is 3.45. The highest BCUT2D eigenvalue weighted by Crippen LogP contribution is 2.55. The number of carbonyl (C=O) groups is 1. The smallest absolute Gasteiger partial charge is 0.220 e. The lowest BCUT2D eigenvalue weighted by molar-refractivity contribution is -0.127. The molecule has 0 saturated heterocycles. The Balaban J connectivity index is 1.22. The first-order chi connectivity index (χ1) is 11.6. The van der Waals surface area contributed by atoms with E-state index in [1.807, 2.05) is 12.1 Å². The fraction of sp³-hybridized carbons (Fsp3) is 0.667. The zero-order valence-electron chi connectivity index (χ0n) is 14.7. The lowest BCUT2D eigenvalue weighted by Crippen LogP contribution is -2.59. The number of hydrogen-bond acceptors (Lipinski definition) is 2. The van der Waals surface area contributed by atoms with E-state index in [4.69, 9.17) is 4.74 Å². The fourth-order valence-corrected chi connectivity index (χ4v) is 5.68. The lowest BCUT2D eigenvalue weighted by Gasteiger charge is -2.56. The van der Waals surface area contributed by atoms with Gasteiger partial charge >= 0.3 is 0 Å². The summed E-state index contributed by atoms with van der Waals surface area (Å²) in [4.78, 5) is 12.4. The summed E-state index contributed by atoms with van der Waals surface area (Å²) in [6, 6.07) is 8.08. The molecule has 4 fully saturated rings. The molecule has 0 spiro atoms. The van der Waals surface area contributed by atoms with Crippen LogP contribution in [0.1, 0.15) is 56.9 Å². The van der Waals surface area contributed by atoms with Gasteiger partial charge in [-0.2, -0.15) is 0 Å². The van der Waals surface area contributed by atoms with Crippen molar-refractivity contribution in [3.8, 4) is 5.75 Å². The molecule has 5 rings (SSSR count). The Kier molecular flexibility index (Phi) is 4.28. The third-order valence-corrected chi connectivity index (χ3v) is 6.28. The maximum absolute atomic E-state index is 12.4. The van der Waals surface area contributed by atoms with Gasteiger partial charge in [-0.3, -0.25) is 4.79 Å². The number of rotatable bonds is 6. The Morgan fingerprint density at radius 2 is 1.67 bits per heavy atom. The average molecular weight is 327 g/mol. The Hall–Kier alpha value is -1.51. The predicted molar refractivity (Wildman–Crippen MR) is 95.0 cm³/mol. The molecular weight excluding hydrogens is 298 g/mol. The van der Waals surface area contributed by atoms with Crippen molar-refractivity contribution in [3.05, 3.63) is 29.8 Å². The predicted octanol–water partition coefficient (Wildman–Crippen LogP) is 4.24. The molecule has 4 aliphatic rings. The van der Waals surface area contributed by atoms with E-state index in [0.717, 1.165) is 29.9 Å². The molecule has 0 atom stereocenters. The largest absolute Gasteiger partial charge is 0.494 e. The fourth-order valence-electron chi connectivity index (χ4n) is 5.68. The van der Waals surface area contributed by atoms with Crippen LogP contribution in [0.15, 0.2) is 24.3 Å². The van der Waals surface area contributed by atoms with Crippen LogP contribution in [-0.2, 0) is 4.79 Å². The van der Waals surface area contributed by atoms with E-state index in [9.17, 15) is 4.79 Å². The molecule has 1 N–H and O–H groups in total. The zero-order valence-corrected chi connectivity index (χ0v) is 14.7. The zero-order chi connectivity index (χ0) is 16.6. The molecule has 4 bridgehead atoms. The lowest BCUT2D eigenvalue weighted by atomic mass is 9.53. The molecule has 1 aromatic carbocycles. The van der Waals surface area contributed by atoms with Crippen LogP contribution < -0.4 is 10.1 Å². The van der Waals surface area contributed by atoms with Crippen LogP contribution in [0.3, 0.4) is 0 Å². The SMILES string of the molecule is Cc1ccc(OCCCC(=O)NC23CC4CC(CC(C4)C2)C3)cc1. The van der Waals surface area contributed by atoms with E-state index in [2.05, 4.69) is 24.4 Å². The molecular formula is C21H29NO2. The molecule has 130 valence electrons. The maximum Gasteiger partial charge on any atom is 0.220 e. The first kappa shape index (κ1) is 16.0. The summed E-state index contributed by atoms with van der Waals surface area (Å²) < 4.78 is 5.73. The van der Waals surface area contributed by atoms with Crippen LogP contribution in [0.25, 0.3) is 0 Å². The van der Waals surface area contributed by atoms with Crippen molar-refractivity contribution in [2.24, 2.45) is 17.8 Å². The van der Waals surface area contributed by atoms with Crippen LogP contribution in [0.4, 0.5) is 0 Å². The van der Waals surface area contributed by atoms with Gasteiger partial charge in [0.2, 0.25) is 5.91 Å². The monoisotopic (exact) mass is 327 g/mol. The minimum absolute atomic E-state index is 0.143. The first-order valence-electron chi connectivity index (χ1n) is 9.61. The number of hydrogen-bond donors (Lipinski definition) is 1. The van der Waals surface area contributed by atoms with E-state index in [1.165, 1.54) is 44.1 Å². The Bertz CT molecular complexity index is 557. The Morgan fingerprint density at radius 1 is 1.08 bits per heavy atom.